The Balaban J connectivity index is 0.000000186. The number of rotatable bonds is 7. The van der Waals surface area contributed by atoms with Crippen molar-refractivity contribution >= 4 is 11.9 Å². The van der Waals surface area contributed by atoms with Crippen molar-refractivity contribution in [3.8, 4) is 28.4 Å². The van der Waals surface area contributed by atoms with Crippen molar-refractivity contribution in [1.82, 2.24) is 10.5 Å². The lowest BCUT2D eigenvalue weighted by Crippen LogP contribution is -2.17. The Hall–Kier alpha value is -3.55. The van der Waals surface area contributed by atoms with Gasteiger partial charge in [0.25, 0.3) is 0 Å². The number of ether oxygens (including phenoxy) is 2. The van der Waals surface area contributed by atoms with Gasteiger partial charge in [-0.3, -0.25) is 4.79 Å². The summed E-state index contributed by atoms with van der Waals surface area (Å²) in [5.74, 6) is 2.79. The number of aliphatic hydroxyl groups is 1. The van der Waals surface area contributed by atoms with E-state index in [2.05, 4.69) is 42.7 Å². The number of ketones is 1. The van der Waals surface area contributed by atoms with Crippen LogP contribution in [0.3, 0.4) is 0 Å². The monoisotopic (exact) mass is 504 g/mol. The van der Waals surface area contributed by atoms with E-state index < -0.39 is 0 Å². The second kappa shape index (κ2) is 12.1. The second-order valence-electron chi connectivity index (χ2n) is 9.61. The van der Waals surface area contributed by atoms with Gasteiger partial charge in [-0.05, 0) is 84.2 Å². The molecule has 0 spiro atoms. The van der Waals surface area contributed by atoms with E-state index in [9.17, 15) is 4.79 Å². The van der Waals surface area contributed by atoms with Crippen LogP contribution in [-0.4, -0.2) is 42.7 Å². The van der Waals surface area contributed by atoms with E-state index in [1.165, 1.54) is 23.7 Å². The third-order valence-electron chi connectivity index (χ3n) is 6.61. The molecule has 1 aromatic heterocycles. The summed E-state index contributed by atoms with van der Waals surface area (Å²) in [7, 11) is 1.70. The number of hydrogen-bond donors (Lipinski definition) is 3. The average molecular weight is 505 g/mol. The van der Waals surface area contributed by atoms with Crippen molar-refractivity contribution < 1.29 is 24.2 Å². The molecule has 3 aromatic rings. The van der Waals surface area contributed by atoms with E-state index in [-0.39, 0.29) is 12.4 Å². The Kier molecular flexibility index (Phi) is 8.69. The van der Waals surface area contributed by atoms with Gasteiger partial charge in [-0.25, -0.2) is 0 Å². The number of H-pyrrole nitrogens is 1. The van der Waals surface area contributed by atoms with Crippen molar-refractivity contribution in [2.45, 2.75) is 39.5 Å². The van der Waals surface area contributed by atoms with Gasteiger partial charge in [0, 0.05) is 25.5 Å². The van der Waals surface area contributed by atoms with Gasteiger partial charge in [-0.2, -0.15) is 5.48 Å². The molecular weight excluding hydrogens is 468 g/mol. The summed E-state index contributed by atoms with van der Waals surface area (Å²) >= 11 is 0. The third kappa shape index (κ3) is 6.24. The number of hydrogen-bond acceptors (Lipinski definition) is 6. The van der Waals surface area contributed by atoms with Crippen molar-refractivity contribution in [3.05, 3.63) is 71.1 Å². The molecule has 0 bridgehead atoms. The number of allylic oxidation sites excluding steroid dienone is 1. The number of carbonyl (C=O) groups excluding carboxylic acids is 1. The number of aromatic nitrogens is 1. The number of carbonyl (C=O) groups is 1. The van der Waals surface area contributed by atoms with Gasteiger partial charge in [0.2, 0.25) is 0 Å². The van der Waals surface area contributed by atoms with E-state index >= 15 is 0 Å². The maximum atomic E-state index is 11.9. The zero-order valence-corrected chi connectivity index (χ0v) is 22.0. The molecule has 37 heavy (non-hydrogen) atoms. The molecule has 2 aromatic carbocycles. The highest BCUT2D eigenvalue weighted by Gasteiger charge is 2.21. The highest BCUT2D eigenvalue weighted by molar-refractivity contribution is 5.99. The summed E-state index contributed by atoms with van der Waals surface area (Å²) in [5, 5.41) is 9.08. The van der Waals surface area contributed by atoms with Crippen LogP contribution in [0.25, 0.3) is 17.2 Å². The maximum Gasteiger partial charge on any atom is 0.172 e. The molecule has 2 heterocycles. The van der Waals surface area contributed by atoms with Crippen molar-refractivity contribution in [1.29, 1.82) is 0 Å². The van der Waals surface area contributed by atoms with Crippen LogP contribution in [0, 0.1) is 5.92 Å². The fourth-order valence-corrected chi connectivity index (χ4v) is 4.75. The lowest BCUT2D eigenvalue weighted by atomic mass is 9.87. The third-order valence-corrected chi connectivity index (χ3v) is 6.61. The molecule has 0 amide bonds. The molecule has 3 N–H and O–H groups in total. The number of fused-ring (bicyclic) bond motifs is 2. The van der Waals surface area contributed by atoms with Crippen LogP contribution in [0.4, 0.5) is 0 Å². The zero-order valence-electron chi connectivity index (χ0n) is 22.0. The number of benzene rings is 2. The van der Waals surface area contributed by atoms with Crippen LogP contribution in [0.2, 0.25) is 0 Å². The molecule has 5 rings (SSSR count). The molecule has 2 atom stereocenters. The lowest BCUT2D eigenvalue weighted by molar-refractivity contribution is 0.100. The minimum absolute atomic E-state index is 0.0428. The minimum atomic E-state index is -0.0428. The van der Waals surface area contributed by atoms with E-state index in [1.54, 1.807) is 7.05 Å². The molecule has 7 nitrogen and oxygen atoms in total. The fraction of sp³-hybridized carbons (Fsp3) is 0.367. The molecule has 196 valence electrons. The predicted molar refractivity (Wildman–Crippen MR) is 145 cm³/mol. The maximum absolute atomic E-state index is 11.9. The number of Topliss-reactive ketones (excluding diaryl/α,β-unsaturated/α-hetero) is 1. The molecule has 7 heteroatoms. The minimum Gasteiger partial charge on any atom is -0.486 e. The summed E-state index contributed by atoms with van der Waals surface area (Å²) in [6.07, 6.45) is 8.60. The fourth-order valence-electron chi connectivity index (χ4n) is 4.75. The average Bonchev–Trinajstić information content (AvgIpc) is 3.32. The standard InChI is InChI=1S/C17H17NO4.C13H19NO/c1-11(19)15-9-13(10-16-17(15)21-8-7-20-16)12-3-5-14(6-4-12)22-18-2;1-9(8-15)6-11-7-14-12-5-3-4-10(2)13(11)12/h3-6,9-10,18H,7-8H2,1-2H3;3,5,7,9-10,14-15H,4,6,8H2,1-2H3. The number of hydroxylamine groups is 1. The summed E-state index contributed by atoms with van der Waals surface area (Å²) in [4.78, 5) is 20.4. The molecule has 1 aliphatic carbocycles. The molecular formula is C30H36N2O5. The molecule has 2 unspecified atom stereocenters. The Morgan fingerprint density at radius 3 is 2.65 bits per heavy atom. The van der Waals surface area contributed by atoms with Gasteiger partial charge in [0.1, 0.15) is 19.0 Å². The summed E-state index contributed by atoms with van der Waals surface area (Å²) in [5.41, 5.74) is 9.15. The first-order chi connectivity index (χ1) is 17.9. The number of aliphatic hydroxyl groups excluding tert-OH is 1. The van der Waals surface area contributed by atoms with E-state index in [4.69, 9.17) is 19.4 Å². The highest BCUT2D eigenvalue weighted by atomic mass is 16.6. The summed E-state index contributed by atoms with van der Waals surface area (Å²) in [6, 6.07) is 11.3. The zero-order chi connectivity index (χ0) is 26.4. The van der Waals surface area contributed by atoms with Gasteiger partial charge in [0.15, 0.2) is 17.3 Å². The summed E-state index contributed by atoms with van der Waals surface area (Å²) < 4.78 is 11.2. The largest absolute Gasteiger partial charge is 0.486 e. The Bertz CT molecular complexity index is 1250. The first-order valence-corrected chi connectivity index (χ1v) is 12.8. The molecule has 0 radical (unpaired) electrons. The second-order valence-corrected chi connectivity index (χ2v) is 9.61. The first kappa shape index (κ1) is 26.5. The van der Waals surface area contributed by atoms with Gasteiger partial charge in [-0.15, -0.1) is 0 Å². The van der Waals surface area contributed by atoms with Crippen LogP contribution in [0.1, 0.15) is 60.3 Å². The Morgan fingerprint density at radius 1 is 1.19 bits per heavy atom. The molecule has 0 fully saturated rings. The Morgan fingerprint density at radius 2 is 1.95 bits per heavy atom. The Labute approximate surface area is 218 Å². The SMILES string of the molecule is CC(CO)Cc1c[nH]c2c1C(C)CC=C2.CNOc1ccc(-c2cc3c(c(C(C)=O)c2)OCCO3)cc1. The lowest BCUT2D eigenvalue weighted by Gasteiger charge is -2.21. The van der Waals surface area contributed by atoms with Crippen LogP contribution >= 0.6 is 0 Å². The van der Waals surface area contributed by atoms with E-state index in [0.29, 0.717) is 42.1 Å². The van der Waals surface area contributed by atoms with Gasteiger partial charge in [0.05, 0.1) is 5.56 Å². The van der Waals surface area contributed by atoms with Crippen LogP contribution < -0.4 is 19.8 Å². The topological polar surface area (TPSA) is 92.8 Å². The van der Waals surface area contributed by atoms with Crippen LogP contribution in [0.15, 0.2) is 48.7 Å². The normalized spacial score (nSPS) is 16.3. The van der Waals surface area contributed by atoms with Crippen molar-refractivity contribution in [2.24, 2.45) is 5.92 Å². The summed E-state index contributed by atoms with van der Waals surface area (Å²) in [6.45, 7) is 7.10. The highest BCUT2D eigenvalue weighted by Crippen LogP contribution is 2.39. The van der Waals surface area contributed by atoms with Gasteiger partial charge in [-0.1, -0.05) is 32.1 Å². The first-order valence-electron chi connectivity index (χ1n) is 12.8. The molecule has 0 saturated heterocycles. The van der Waals surface area contributed by atoms with Crippen molar-refractivity contribution in [3.63, 3.8) is 0 Å². The molecule has 1 aliphatic heterocycles. The van der Waals surface area contributed by atoms with Crippen LogP contribution in [0.5, 0.6) is 17.2 Å². The van der Waals surface area contributed by atoms with Gasteiger partial charge >= 0.3 is 0 Å². The van der Waals surface area contributed by atoms with E-state index in [1.807, 2.05) is 36.4 Å². The number of aromatic amines is 1. The molecule has 0 saturated carbocycles. The van der Waals surface area contributed by atoms with Crippen molar-refractivity contribution in [2.75, 3.05) is 26.9 Å². The smallest absolute Gasteiger partial charge is 0.172 e. The number of nitrogens with one attached hydrogen (secondary N) is 2. The quantitative estimate of drug-likeness (QED) is 0.289. The van der Waals surface area contributed by atoms with Gasteiger partial charge < -0.3 is 24.4 Å². The molecule has 2 aliphatic rings. The van der Waals surface area contributed by atoms with E-state index in [0.717, 1.165) is 29.7 Å². The van der Waals surface area contributed by atoms with Crippen LogP contribution in [-0.2, 0) is 6.42 Å². The predicted octanol–water partition coefficient (Wildman–Crippen LogP) is 5.55.